The molecule has 0 aliphatic heterocycles. The molecule has 2 nitrogen and oxygen atoms in total. The zero-order valence-electron chi connectivity index (χ0n) is 11.3. The number of nitrogens with one attached hydrogen (secondary N) is 2. The van der Waals surface area contributed by atoms with E-state index in [9.17, 15) is 0 Å². The average molecular weight is 250 g/mol. The molecule has 0 unspecified atom stereocenters. The standard InChI is InChI=1S/C17H18N2/c1-12-7-13(2)9-14(8-12)11-19-16-3-4-17-15(10-16)5-6-18-17/h3-10,18-19H,11H2,1-2H3. The zero-order valence-corrected chi connectivity index (χ0v) is 11.3. The lowest BCUT2D eigenvalue weighted by molar-refractivity contribution is 1.13. The highest BCUT2D eigenvalue weighted by Gasteiger charge is 1.99. The van der Waals surface area contributed by atoms with Crippen LogP contribution in [-0.4, -0.2) is 4.98 Å². The van der Waals surface area contributed by atoms with Gasteiger partial charge in [-0.05, 0) is 43.7 Å². The molecule has 2 N–H and O–H groups in total. The molecule has 0 atom stereocenters. The first-order valence-corrected chi connectivity index (χ1v) is 6.59. The van der Waals surface area contributed by atoms with Gasteiger partial charge in [0.15, 0.2) is 0 Å². The number of aromatic amines is 1. The Morgan fingerprint density at radius 3 is 2.53 bits per heavy atom. The predicted octanol–water partition coefficient (Wildman–Crippen LogP) is 4.40. The lowest BCUT2D eigenvalue weighted by Crippen LogP contribution is -2.00. The van der Waals surface area contributed by atoms with Gasteiger partial charge < -0.3 is 10.3 Å². The second-order valence-corrected chi connectivity index (χ2v) is 5.13. The second-order valence-electron chi connectivity index (χ2n) is 5.13. The SMILES string of the molecule is Cc1cc(C)cc(CNc2ccc3[nH]ccc3c2)c1. The molecule has 0 aliphatic carbocycles. The van der Waals surface area contributed by atoms with Crippen molar-refractivity contribution in [1.82, 2.24) is 4.98 Å². The van der Waals surface area contributed by atoms with Gasteiger partial charge in [0.05, 0.1) is 0 Å². The minimum absolute atomic E-state index is 0.860. The summed E-state index contributed by atoms with van der Waals surface area (Å²) in [6, 6.07) is 15.2. The topological polar surface area (TPSA) is 27.8 Å². The van der Waals surface area contributed by atoms with E-state index >= 15 is 0 Å². The quantitative estimate of drug-likeness (QED) is 0.708. The van der Waals surface area contributed by atoms with Gasteiger partial charge in [0, 0.05) is 29.3 Å². The molecule has 0 saturated carbocycles. The molecule has 2 aromatic carbocycles. The van der Waals surface area contributed by atoms with E-state index in [2.05, 4.69) is 66.6 Å². The van der Waals surface area contributed by atoms with Crippen molar-refractivity contribution >= 4 is 16.6 Å². The van der Waals surface area contributed by atoms with E-state index in [4.69, 9.17) is 0 Å². The van der Waals surface area contributed by atoms with E-state index in [1.807, 2.05) is 6.20 Å². The summed E-state index contributed by atoms with van der Waals surface area (Å²) in [6.07, 6.45) is 1.97. The fraction of sp³-hybridized carbons (Fsp3) is 0.176. The number of fused-ring (bicyclic) bond motifs is 1. The van der Waals surface area contributed by atoms with Crippen LogP contribution in [0, 0.1) is 13.8 Å². The van der Waals surface area contributed by atoms with Crippen LogP contribution in [0.1, 0.15) is 16.7 Å². The zero-order chi connectivity index (χ0) is 13.2. The molecule has 0 amide bonds. The lowest BCUT2D eigenvalue weighted by Gasteiger charge is -2.08. The molecule has 3 rings (SSSR count). The molecule has 0 radical (unpaired) electrons. The Balaban J connectivity index is 1.77. The van der Waals surface area contributed by atoms with Gasteiger partial charge in [0.2, 0.25) is 0 Å². The van der Waals surface area contributed by atoms with Crippen molar-refractivity contribution in [2.45, 2.75) is 20.4 Å². The number of benzene rings is 2. The third-order valence-corrected chi connectivity index (χ3v) is 3.33. The van der Waals surface area contributed by atoms with E-state index in [0.29, 0.717) is 0 Å². The van der Waals surface area contributed by atoms with Gasteiger partial charge in [-0.2, -0.15) is 0 Å². The molecule has 96 valence electrons. The van der Waals surface area contributed by atoms with Crippen molar-refractivity contribution in [3.63, 3.8) is 0 Å². The number of hydrogen-bond acceptors (Lipinski definition) is 1. The molecule has 1 aromatic heterocycles. The third kappa shape index (κ3) is 2.63. The fourth-order valence-corrected chi connectivity index (χ4v) is 2.54. The van der Waals surface area contributed by atoms with Gasteiger partial charge in [-0.25, -0.2) is 0 Å². The summed E-state index contributed by atoms with van der Waals surface area (Å²) in [5.74, 6) is 0. The molecule has 2 heteroatoms. The van der Waals surface area contributed by atoms with Crippen LogP contribution in [0.25, 0.3) is 10.9 Å². The van der Waals surface area contributed by atoms with Crippen LogP contribution >= 0.6 is 0 Å². The van der Waals surface area contributed by atoms with Crippen molar-refractivity contribution in [2.75, 3.05) is 5.32 Å². The Morgan fingerprint density at radius 2 is 1.74 bits per heavy atom. The molecular formula is C17H18N2. The number of aryl methyl sites for hydroxylation is 2. The largest absolute Gasteiger partial charge is 0.381 e. The molecule has 19 heavy (non-hydrogen) atoms. The molecule has 0 bridgehead atoms. The highest BCUT2D eigenvalue weighted by molar-refractivity contribution is 5.82. The monoisotopic (exact) mass is 250 g/mol. The Morgan fingerprint density at radius 1 is 0.947 bits per heavy atom. The Bertz CT molecular complexity index is 690. The van der Waals surface area contributed by atoms with Crippen LogP contribution in [0.2, 0.25) is 0 Å². The van der Waals surface area contributed by atoms with Gasteiger partial charge in [0.1, 0.15) is 0 Å². The normalized spacial score (nSPS) is 10.8. The third-order valence-electron chi connectivity index (χ3n) is 3.33. The van der Waals surface area contributed by atoms with Crippen molar-refractivity contribution in [2.24, 2.45) is 0 Å². The maximum Gasteiger partial charge on any atom is 0.0455 e. The number of anilines is 1. The van der Waals surface area contributed by atoms with Crippen molar-refractivity contribution in [3.05, 3.63) is 65.4 Å². The first-order chi connectivity index (χ1) is 9.20. The summed E-state index contributed by atoms with van der Waals surface area (Å²) in [7, 11) is 0. The molecule has 0 spiro atoms. The fourth-order valence-electron chi connectivity index (χ4n) is 2.54. The molecule has 1 heterocycles. The van der Waals surface area contributed by atoms with Crippen LogP contribution < -0.4 is 5.32 Å². The summed E-state index contributed by atoms with van der Waals surface area (Å²) in [4.78, 5) is 3.21. The smallest absolute Gasteiger partial charge is 0.0455 e. The van der Waals surface area contributed by atoms with Crippen LogP contribution in [0.15, 0.2) is 48.7 Å². The summed E-state index contributed by atoms with van der Waals surface area (Å²) in [5.41, 5.74) is 6.30. The number of rotatable bonds is 3. The minimum Gasteiger partial charge on any atom is -0.381 e. The minimum atomic E-state index is 0.860. The summed E-state index contributed by atoms with van der Waals surface area (Å²) in [6.45, 7) is 5.14. The van der Waals surface area contributed by atoms with E-state index < -0.39 is 0 Å². The number of hydrogen-bond donors (Lipinski definition) is 2. The average Bonchev–Trinajstić information content (AvgIpc) is 2.82. The maximum atomic E-state index is 3.48. The van der Waals surface area contributed by atoms with Gasteiger partial charge in [-0.15, -0.1) is 0 Å². The van der Waals surface area contributed by atoms with Crippen LogP contribution in [0.3, 0.4) is 0 Å². The highest BCUT2D eigenvalue weighted by Crippen LogP contribution is 2.19. The van der Waals surface area contributed by atoms with Crippen LogP contribution in [0.5, 0.6) is 0 Å². The van der Waals surface area contributed by atoms with Crippen molar-refractivity contribution in [3.8, 4) is 0 Å². The molecule has 3 aromatic rings. The molecular weight excluding hydrogens is 232 g/mol. The lowest BCUT2D eigenvalue weighted by atomic mass is 10.1. The van der Waals surface area contributed by atoms with Gasteiger partial charge in [-0.3, -0.25) is 0 Å². The second kappa shape index (κ2) is 4.81. The maximum absolute atomic E-state index is 3.48. The van der Waals surface area contributed by atoms with E-state index in [0.717, 1.165) is 12.2 Å². The summed E-state index contributed by atoms with van der Waals surface area (Å²) < 4.78 is 0. The molecule has 0 saturated heterocycles. The van der Waals surface area contributed by atoms with E-state index in [1.165, 1.54) is 27.6 Å². The first kappa shape index (κ1) is 11.8. The predicted molar refractivity (Wildman–Crippen MR) is 81.5 cm³/mol. The van der Waals surface area contributed by atoms with Gasteiger partial charge in [0.25, 0.3) is 0 Å². The van der Waals surface area contributed by atoms with Gasteiger partial charge >= 0.3 is 0 Å². The van der Waals surface area contributed by atoms with Gasteiger partial charge in [-0.1, -0.05) is 29.3 Å². The number of H-pyrrole nitrogens is 1. The van der Waals surface area contributed by atoms with Crippen LogP contribution in [-0.2, 0) is 6.54 Å². The van der Waals surface area contributed by atoms with E-state index in [1.54, 1.807) is 0 Å². The van der Waals surface area contributed by atoms with Crippen molar-refractivity contribution in [1.29, 1.82) is 0 Å². The Hall–Kier alpha value is -2.22. The summed E-state index contributed by atoms with van der Waals surface area (Å²) in [5, 5.41) is 4.72. The summed E-state index contributed by atoms with van der Waals surface area (Å²) >= 11 is 0. The highest BCUT2D eigenvalue weighted by atomic mass is 14.9. The van der Waals surface area contributed by atoms with Crippen LogP contribution in [0.4, 0.5) is 5.69 Å². The Kier molecular flexibility index (Phi) is 3.00. The van der Waals surface area contributed by atoms with Crippen molar-refractivity contribution < 1.29 is 0 Å². The molecule has 0 fully saturated rings. The Labute approximate surface area is 113 Å². The van der Waals surface area contributed by atoms with E-state index in [-0.39, 0.29) is 0 Å². The molecule has 0 aliphatic rings. The first-order valence-electron chi connectivity index (χ1n) is 6.59. The number of aromatic nitrogens is 1.